The number of phenols is 1. The lowest BCUT2D eigenvalue weighted by atomic mass is 9.85. The zero-order valence-electron chi connectivity index (χ0n) is 41.8. The highest BCUT2D eigenvalue weighted by Gasteiger charge is 2.26. The van der Waals surface area contributed by atoms with Gasteiger partial charge in [-0.2, -0.15) is 0 Å². The highest BCUT2D eigenvalue weighted by atomic mass is 16.3. The summed E-state index contributed by atoms with van der Waals surface area (Å²) in [5.41, 5.74) is 22.1. The van der Waals surface area contributed by atoms with Crippen molar-refractivity contribution >= 4 is 11.0 Å². The third-order valence-corrected chi connectivity index (χ3v) is 13.9. The van der Waals surface area contributed by atoms with E-state index in [1.165, 1.54) is 16.7 Å². The van der Waals surface area contributed by atoms with E-state index in [0.29, 0.717) is 11.4 Å². The molecule has 1 N–H and O–H groups in total. The van der Waals surface area contributed by atoms with Gasteiger partial charge in [-0.3, -0.25) is 9.55 Å². The average Bonchev–Trinajstić information content (AvgIpc) is 3.76. The molecule has 0 atom stereocenters. The zero-order chi connectivity index (χ0) is 48.8. The van der Waals surface area contributed by atoms with Crippen LogP contribution in [-0.4, -0.2) is 19.6 Å². The van der Waals surface area contributed by atoms with Crippen LogP contribution < -0.4 is 0 Å². The molecule has 2 aromatic heterocycles. The Bertz CT molecular complexity index is 3520. The van der Waals surface area contributed by atoms with Gasteiger partial charge in [0, 0.05) is 22.9 Å². The summed E-state index contributed by atoms with van der Waals surface area (Å²) in [7, 11) is 0. The third kappa shape index (κ3) is 8.87. The van der Waals surface area contributed by atoms with E-state index in [0.717, 1.165) is 94.7 Å². The first-order valence-electron chi connectivity index (χ1n) is 24.7. The van der Waals surface area contributed by atoms with Gasteiger partial charge in [-0.1, -0.05) is 181 Å². The molecule has 0 amide bonds. The predicted octanol–water partition coefficient (Wildman–Crippen LogP) is 18.0. The highest BCUT2D eigenvalue weighted by molar-refractivity contribution is 5.99. The molecule has 0 fully saturated rings. The van der Waals surface area contributed by atoms with Gasteiger partial charge in [-0.25, -0.2) is 4.98 Å². The lowest BCUT2D eigenvalue weighted by Crippen LogP contribution is -2.10. The minimum Gasteiger partial charge on any atom is -0.507 e. The molecule has 10 rings (SSSR count). The molecule has 4 heteroatoms. The monoisotopic (exact) mass is 911 g/mol. The van der Waals surface area contributed by atoms with Crippen molar-refractivity contribution in [3.05, 3.63) is 216 Å². The first-order chi connectivity index (χ1) is 33.7. The van der Waals surface area contributed by atoms with Crippen molar-refractivity contribution in [1.29, 1.82) is 0 Å². The van der Waals surface area contributed by atoms with E-state index in [-0.39, 0.29) is 23.0 Å². The van der Waals surface area contributed by atoms with Gasteiger partial charge in [0.25, 0.3) is 0 Å². The summed E-state index contributed by atoms with van der Waals surface area (Å²) >= 11 is 0. The summed E-state index contributed by atoms with van der Waals surface area (Å²) in [6.07, 6.45) is 1.91. The number of aromatic hydroxyl groups is 1. The fourth-order valence-electron chi connectivity index (χ4n) is 9.81. The van der Waals surface area contributed by atoms with Crippen LogP contribution in [0.25, 0.3) is 95.0 Å². The van der Waals surface area contributed by atoms with Crippen molar-refractivity contribution in [3.63, 3.8) is 0 Å². The number of aromatic nitrogens is 3. The van der Waals surface area contributed by atoms with E-state index in [1.54, 1.807) is 0 Å². The van der Waals surface area contributed by atoms with Crippen molar-refractivity contribution in [1.82, 2.24) is 14.5 Å². The largest absolute Gasteiger partial charge is 0.507 e. The van der Waals surface area contributed by atoms with Crippen LogP contribution in [0.15, 0.2) is 188 Å². The molecule has 0 spiro atoms. The molecular formula is C66H61N3O. The fraction of sp³-hybridized carbons (Fsp3) is 0.182. The van der Waals surface area contributed by atoms with Crippen LogP contribution in [0.2, 0.25) is 0 Å². The molecule has 0 saturated heterocycles. The molecule has 0 aliphatic carbocycles. The minimum atomic E-state index is -0.00132. The van der Waals surface area contributed by atoms with Crippen LogP contribution in [0, 0.1) is 13.8 Å². The lowest BCUT2D eigenvalue weighted by Gasteiger charge is -2.22. The van der Waals surface area contributed by atoms with Gasteiger partial charge in [-0.15, -0.1) is 0 Å². The summed E-state index contributed by atoms with van der Waals surface area (Å²) in [4.78, 5) is 10.7. The molecule has 8 aromatic carbocycles. The Morgan fingerprint density at radius 3 is 1.79 bits per heavy atom. The van der Waals surface area contributed by atoms with E-state index < -0.39 is 0 Å². The smallest absolute Gasteiger partial charge is 0.149 e. The third-order valence-electron chi connectivity index (χ3n) is 13.9. The molecule has 10 aromatic rings. The van der Waals surface area contributed by atoms with E-state index in [2.05, 4.69) is 249 Å². The first-order valence-corrected chi connectivity index (χ1v) is 24.7. The number of para-hydroxylation sites is 1. The van der Waals surface area contributed by atoms with Gasteiger partial charge in [-0.05, 0) is 152 Å². The molecule has 0 saturated carbocycles. The van der Waals surface area contributed by atoms with Crippen LogP contribution in [0.4, 0.5) is 0 Å². The summed E-state index contributed by atoms with van der Waals surface area (Å²) < 4.78 is 2.31. The molecule has 70 heavy (non-hydrogen) atoms. The summed E-state index contributed by atoms with van der Waals surface area (Å²) in [5, 5.41) is 12.5. The van der Waals surface area contributed by atoms with Crippen molar-refractivity contribution in [2.24, 2.45) is 0 Å². The molecule has 0 aliphatic heterocycles. The number of hydrogen-bond donors (Lipinski definition) is 1. The standard InChI is InChI=1S/C66H61N3O/c1-41(2)50-37-56(42(3)4)64(70)59(38-50)65-68-63-55(52-34-51(45-17-12-10-13-18-45)35-53(36-52)60-39-49(31-32-67-60)46-25-23-43(5)24-26-46)21-16-22-61(63)69(65)62-33-44(6)57(47-19-14-11-15-20-47)40-58(62)48-27-29-54(30-28-48)66(7,8)9/h10-42,70H,1-9H3. The van der Waals surface area contributed by atoms with Crippen LogP contribution in [0.1, 0.15) is 88.1 Å². The maximum absolute atomic E-state index is 12.5. The molecule has 0 radical (unpaired) electrons. The number of phenolic OH excluding ortho intramolecular Hbond substituents is 1. The Kier molecular flexibility index (Phi) is 12.2. The van der Waals surface area contributed by atoms with E-state index >= 15 is 0 Å². The Hall–Kier alpha value is -7.82. The molecule has 0 unspecified atom stereocenters. The van der Waals surface area contributed by atoms with E-state index in [1.807, 2.05) is 6.20 Å². The number of fused-ring (bicyclic) bond motifs is 1. The number of pyridine rings is 1. The Morgan fingerprint density at radius 2 is 1.11 bits per heavy atom. The SMILES string of the molecule is Cc1ccc(-c2ccnc(-c3cc(-c4ccccc4)cc(-c4cccc5c4nc(-c4cc(C(C)C)cc(C(C)C)c4O)n5-c4cc(C)c(-c5ccccc5)cc4-c4ccc(C(C)(C)C)cc4)c3)c2)cc1. The van der Waals surface area contributed by atoms with Gasteiger partial charge in [0.15, 0.2) is 0 Å². The number of benzene rings is 8. The number of hydrogen-bond acceptors (Lipinski definition) is 3. The maximum Gasteiger partial charge on any atom is 0.149 e. The maximum atomic E-state index is 12.5. The Balaban J connectivity index is 1.28. The van der Waals surface area contributed by atoms with Crippen LogP contribution >= 0.6 is 0 Å². The second-order valence-electron chi connectivity index (χ2n) is 20.6. The molecule has 2 heterocycles. The quantitative estimate of drug-likeness (QED) is 0.149. The molecule has 0 aliphatic rings. The van der Waals surface area contributed by atoms with Crippen molar-refractivity contribution in [2.75, 3.05) is 0 Å². The summed E-state index contributed by atoms with van der Waals surface area (Å²) in [5.74, 6) is 1.27. The first kappa shape index (κ1) is 45.9. The van der Waals surface area contributed by atoms with E-state index in [4.69, 9.17) is 9.97 Å². The predicted molar refractivity (Wildman–Crippen MR) is 295 cm³/mol. The second kappa shape index (κ2) is 18.6. The summed E-state index contributed by atoms with van der Waals surface area (Å²) in [6, 6.07) is 65.6. The molecule has 346 valence electrons. The van der Waals surface area contributed by atoms with Crippen LogP contribution in [0.5, 0.6) is 5.75 Å². The van der Waals surface area contributed by atoms with Crippen molar-refractivity contribution < 1.29 is 5.11 Å². The minimum absolute atomic E-state index is 0.00132. The second-order valence-corrected chi connectivity index (χ2v) is 20.6. The molecular weight excluding hydrogens is 851 g/mol. The number of nitrogens with zero attached hydrogens (tertiary/aromatic N) is 3. The van der Waals surface area contributed by atoms with Crippen molar-refractivity contribution in [2.45, 2.75) is 79.6 Å². The Labute approximate surface area is 414 Å². The number of imidazole rings is 1. The van der Waals surface area contributed by atoms with Gasteiger partial charge in [0.2, 0.25) is 0 Å². The molecule has 4 nitrogen and oxygen atoms in total. The Morgan fingerprint density at radius 1 is 0.486 bits per heavy atom. The zero-order valence-corrected chi connectivity index (χ0v) is 41.8. The lowest BCUT2D eigenvalue weighted by molar-refractivity contribution is 0.466. The van der Waals surface area contributed by atoms with Crippen LogP contribution in [0.3, 0.4) is 0 Å². The van der Waals surface area contributed by atoms with Gasteiger partial charge in [0.05, 0.1) is 28.0 Å². The number of rotatable bonds is 10. The highest BCUT2D eigenvalue weighted by Crippen LogP contribution is 2.46. The topological polar surface area (TPSA) is 50.9 Å². The fourth-order valence-corrected chi connectivity index (χ4v) is 9.81. The number of aryl methyl sites for hydroxylation is 2. The van der Waals surface area contributed by atoms with Crippen LogP contribution in [-0.2, 0) is 5.41 Å². The molecule has 0 bridgehead atoms. The average molecular weight is 912 g/mol. The van der Waals surface area contributed by atoms with Crippen molar-refractivity contribution in [3.8, 4) is 89.7 Å². The summed E-state index contributed by atoms with van der Waals surface area (Å²) in [6.45, 7) is 19.8. The normalized spacial score (nSPS) is 11.8. The van der Waals surface area contributed by atoms with Gasteiger partial charge in [0.1, 0.15) is 11.6 Å². The van der Waals surface area contributed by atoms with Gasteiger partial charge >= 0.3 is 0 Å². The van der Waals surface area contributed by atoms with E-state index in [9.17, 15) is 5.11 Å². The van der Waals surface area contributed by atoms with Gasteiger partial charge < -0.3 is 5.11 Å².